The molecule has 0 saturated carbocycles. The Labute approximate surface area is 145 Å². The number of carbonyl (C=O) groups is 1. The Morgan fingerprint density at radius 2 is 1.96 bits per heavy atom. The SMILES string of the molecule is CNC(=O)c1ccc(CN2C[C@@H](O)C[C@@H]2c2cc(F)ccc2F)cc1. The van der Waals surface area contributed by atoms with Crippen LogP contribution in [0, 0.1) is 11.6 Å². The molecule has 2 aromatic carbocycles. The Bertz CT molecular complexity index is 765. The summed E-state index contributed by atoms with van der Waals surface area (Å²) in [5, 5.41) is 12.6. The molecule has 25 heavy (non-hydrogen) atoms. The van der Waals surface area contributed by atoms with Crippen LogP contribution in [-0.2, 0) is 6.54 Å². The van der Waals surface area contributed by atoms with Crippen LogP contribution in [0.25, 0.3) is 0 Å². The lowest BCUT2D eigenvalue weighted by Crippen LogP contribution is -2.25. The van der Waals surface area contributed by atoms with Gasteiger partial charge in [0.25, 0.3) is 5.91 Å². The number of likely N-dealkylation sites (tertiary alicyclic amines) is 1. The third kappa shape index (κ3) is 3.86. The van der Waals surface area contributed by atoms with Crippen molar-refractivity contribution in [1.29, 1.82) is 0 Å². The van der Waals surface area contributed by atoms with Crippen LogP contribution in [0.2, 0.25) is 0 Å². The molecule has 132 valence electrons. The van der Waals surface area contributed by atoms with Crippen LogP contribution in [0.3, 0.4) is 0 Å². The molecule has 1 saturated heterocycles. The van der Waals surface area contributed by atoms with Crippen molar-refractivity contribution in [3.8, 4) is 0 Å². The highest BCUT2D eigenvalue weighted by atomic mass is 19.1. The molecule has 0 spiro atoms. The third-order valence-electron chi connectivity index (χ3n) is 4.53. The maximum atomic E-state index is 14.1. The van der Waals surface area contributed by atoms with Gasteiger partial charge in [0.05, 0.1) is 6.10 Å². The molecule has 0 aromatic heterocycles. The van der Waals surface area contributed by atoms with Gasteiger partial charge in [-0.2, -0.15) is 0 Å². The van der Waals surface area contributed by atoms with Crippen molar-refractivity contribution < 1.29 is 18.7 Å². The average molecular weight is 346 g/mol. The number of β-amino-alcohol motifs (C(OH)–C–C–N with tert-alkyl or cyclic N) is 1. The minimum absolute atomic E-state index is 0.164. The van der Waals surface area contributed by atoms with Crippen molar-refractivity contribution in [2.75, 3.05) is 13.6 Å². The van der Waals surface area contributed by atoms with E-state index in [2.05, 4.69) is 5.32 Å². The normalized spacial score (nSPS) is 20.6. The van der Waals surface area contributed by atoms with E-state index in [4.69, 9.17) is 0 Å². The van der Waals surface area contributed by atoms with Crippen molar-refractivity contribution in [3.05, 3.63) is 70.8 Å². The van der Waals surface area contributed by atoms with Crippen molar-refractivity contribution in [1.82, 2.24) is 10.2 Å². The molecular formula is C19H20F2N2O2. The number of carbonyl (C=O) groups excluding carboxylic acids is 1. The fourth-order valence-electron chi connectivity index (χ4n) is 3.29. The van der Waals surface area contributed by atoms with E-state index in [1.165, 1.54) is 6.07 Å². The van der Waals surface area contributed by atoms with Crippen molar-refractivity contribution >= 4 is 5.91 Å². The summed E-state index contributed by atoms with van der Waals surface area (Å²) in [4.78, 5) is 13.5. The molecule has 6 heteroatoms. The molecule has 1 fully saturated rings. The van der Waals surface area contributed by atoms with E-state index in [1.807, 2.05) is 17.0 Å². The second-order valence-corrected chi connectivity index (χ2v) is 6.28. The number of nitrogens with one attached hydrogen (secondary N) is 1. The van der Waals surface area contributed by atoms with Gasteiger partial charge in [0.2, 0.25) is 0 Å². The molecule has 2 aromatic rings. The van der Waals surface area contributed by atoms with Crippen molar-refractivity contribution in [2.24, 2.45) is 0 Å². The molecule has 0 radical (unpaired) electrons. The zero-order chi connectivity index (χ0) is 18.0. The second-order valence-electron chi connectivity index (χ2n) is 6.28. The highest BCUT2D eigenvalue weighted by molar-refractivity contribution is 5.93. The monoisotopic (exact) mass is 346 g/mol. The van der Waals surface area contributed by atoms with E-state index in [-0.39, 0.29) is 17.5 Å². The van der Waals surface area contributed by atoms with Crippen LogP contribution >= 0.6 is 0 Å². The fourth-order valence-corrected chi connectivity index (χ4v) is 3.29. The minimum Gasteiger partial charge on any atom is -0.392 e. The first-order chi connectivity index (χ1) is 12.0. The van der Waals surface area contributed by atoms with Gasteiger partial charge in [-0.3, -0.25) is 9.69 Å². The van der Waals surface area contributed by atoms with Gasteiger partial charge in [-0.15, -0.1) is 0 Å². The summed E-state index contributed by atoms with van der Waals surface area (Å²) in [7, 11) is 1.57. The Morgan fingerprint density at radius 1 is 1.24 bits per heavy atom. The lowest BCUT2D eigenvalue weighted by atomic mass is 10.0. The van der Waals surface area contributed by atoms with E-state index in [1.54, 1.807) is 19.2 Å². The highest BCUT2D eigenvalue weighted by Gasteiger charge is 2.33. The first kappa shape index (κ1) is 17.5. The van der Waals surface area contributed by atoms with E-state index in [0.29, 0.717) is 25.1 Å². The lowest BCUT2D eigenvalue weighted by molar-refractivity contribution is 0.0963. The Balaban J connectivity index is 1.80. The van der Waals surface area contributed by atoms with Crippen LogP contribution in [0.1, 0.15) is 33.9 Å². The number of hydrogen-bond acceptors (Lipinski definition) is 3. The largest absolute Gasteiger partial charge is 0.392 e. The van der Waals surface area contributed by atoms with Crippen LogP contribution in [0.4, 0.5) is 8.78 Å². The Kier molecular flexibility index (Phi) is 5.11. The molecule has 1 aliphatic heterocycles. The first-order valence-electron chi connectivity index (χ1n) is 8.16. The first-order valence-corrected chi connectivity index (χ1v) is 8.16. The third-order valence-corrected chi connectivity index (χ3v) is 4.53. The number of aliphatic hydroxyl groups excluding tert-OH is 1. The fraction of sp³-hybridized carbons (Fsp3) is 0.316. The number of hydrogen-bond donors (Lipinski definition) is 2. The zero-order valence-electron chi connectivity index (χ0n) is 13.9. The smallest absolute Gasteiger partial charge is 0.251 e. The van der Waals surface area contributed by atoms with Crippen LogP contribution in [-0.4, -0.2) is 35.6 Å². The van der Waals surface area contributed by atoms with Crippen LogP contribution in [0.15, 0.2) is 42.5 Å². The standard InChI is InChI=1S/C19H20F2N2O2/c1-22-19(25)13-4-2-12(3-5-13)10-23-11-15(24)9-18(23)16-8-14(20)6-7-17(16)21/h2-8,15,18,24H,9-11H2,1H3,(H,22,25)/t15-,18+/m0/s1. The van der Waals surface area contributed by atoms with Crippen molar-refractivity contribution in [2.45, 2.75) is 25.1 Å². The quantitative estimate of drug-likeness (QED) is 0.895. The number of nitrogens with zero attached hydrogens (tertiary/aromatic N) is 1. The van der Waals surface area contributed by atoms with E-state index >= 15 is 0 Å². The molecule has 1 heterocycles. The summed E-state index contributed by atoms with van der Waals surface area (Å²) in [6.45, 7) is 0.865. The predicted octanol–water partition coefficient (Wildman–Crippen LogP) is 2.63. The average Bonchev–Trinajstić information content (AvgIpc) is 2.97. The van der Waals surface area contributed by atoms with E-state index in [0.717, 1.165) is 17.7 Å². The van der Waals surface area contributed by atoms with Gasteiger partial charge in [0.1, 0.15) is 11.6 Å². The van der Waals surface area contributed by atoms with Gasteiger partial charge in [-0.25, -0.2) is 8.78 Å². The number of rotatable bonds is 4. The molecule has 4 nitrogen and oxygen atoms in total. The van der Waals surface area contributed by atoms with Gasteiger partial charge < -0.3 is 10.4 Å². The maximum absolute atomic E-state index is 14.1. The number of halogens is 2. The molecule has 0 bridgehead atoms. The number of benzene rings is 2. The van der Waals surface area contributed by atoms with Crippen LogP contribution < -0.4 is 5.32 Å². The summed E-state index contributed by atoms with van der Waals surface area (Å²) >= 11 is 0. The Hall–Kier alpha value is -2.31. The highest BCUT2D eigenvalue weighted by Crippen LogP contribution is 2.35. The molecule has 0 aliphatic carbocycles. The van der Waals surface area contributed by atoms with E-state index < -0.39 is 17.7 Å². The number of aliphatic hydroxyl groups is 1. The molecule has 2 N–H and O–H groups in total. The predicted molar refractivity (Wildman–Crippen MR) is 90.0 cm³/mol. The molecule has 1 aliphatic rings. The molecule has 1 amide bonds. The van der Waals surface area contributed by atoms with Gasteiger partial charge in [0, 0.05) is 37.3 Å². The molecule has 0 unspecified atom stereocenters. The topological polar surface area (TPSA) is 52.6 Å². The lowest BCUT2D eigenvalue weighted by Gasteiger charge is -2.25. The van der Waals surface area contributed by atoms with E-state index in [9.17, 15) is 18.7 Å². The van der Waals surface area contributed by atoms with Gasteiger partial charge in [-0.1, -0.05) is 12.1 Å². The van der Waals surface area contributed by atoms with Gasteiger partial charge in [0.15, 0.2) is 0 Å². The Morgan fingerprint density at radius 3 is 2.64 bits per heavy atom. The van der Waals surface area contributed by atoms with Crippen LogP contribution in [0.5, 0.6) is 0 Å². The molecule has 3 rings (SSSR count). The molecule has 2 atom stereocenters. The number of amides is 1. The summed E-state index contributed by atoms with van der Waals surface area (Å²) in [5.41, 5.74) is 1.75. The summed E-state index contributed by atoms with van der Waals surface area (Å²) in [5.74, 6) is -1.13. The van der Waals surface area contributed by atoms with Gasteiger partial charge in [-0.05, 0) is 42.3 Å². The summed E-state index contributed by atoms with van der Waals surface area (Å²) in [6, 6.07) is 10.1. The zero-order valence-corrected chi connectivity index (χ0v) is 13.9. The van der Waals surface area contributed by atoms with Crippen molar-refractivity contribution in [3.63, 3.8) is 0 Å². The molecular weight excluding hydrogens is 326 g/mol. The second kappa shape index (κ2) is 7.29. The summed E-state index contributed by atoms with van der Waals surface area (Å²) in [6.07, 6.45) is -0.228. The van der Waals surface area contributed by atoms with Gasteiger partial charge >= 0.3 is 0 Å². The minimum atomic E-state index is -0.585. The maximum Gasteiger partial charge on any atom is 0.251 e. The summed E-state index contributed by atoms with van der Waals surface area (Å²) < 4.78 is 27.6.